The fourth-order valence-electron chi connectivity index (χ4n) is 4.37. The Morgan fingerprint density at radius 1 is 1.12 bits per heavy atom. The SMILES string of the molecule is Cc1ccc(NC(=O)C2CCN(S(=O)(=O)c3cc(-c4noc(C5CCC5)n4)sc3C)CC2)cc1. The number of anilines is 1. The quantitative estimate of drug-likeness (QED) is 0.525. The Hall–Kier alpha value is -2.56. The van der Waals surface area contributed by atoms with E-state index in [1.54, 1.807) is 13.0 Å². The van der Waals surface area contributed by atoms with Crippen LogP contribution in [0.25, 0.3) is 10.7 Å². The molecule has 5 rings (SSSR count). The van der Waals surface area contributed by atoms with Crippen molar-refractivity contribution in [2.75, 3.05) is 18.4 Å². The molecule has 1 saturated carbocycles. The van der Waals surface area contributed by atoms with Crippen LogP contribution in [0, 0.1) is 19.8 Å². The third kappa shape index (κ3) is 4.54. The van der Waals surface area contributed by atoms with Crippen molar-refractivity contribution in [1.82, 2.24) is 14.4 Å². The molecule has 1 aliphatic heterocycles. The van der Waals surface area contributed by atoms with Crippen molar-refractivity contribution in [1.29, 1.82) is 0 Å². The second kappa shape index (κ2) is 9.24. The van der Waals surface area contributed by atoms with E-state index < -0.39 is 10.0 Å². The van der Waals surface area contributed by atoms with Gasteiger partial charge in [0.2, 0.25) is 27.6 Å². The first kappa shape index (κ1) is 23.2. The van der Waals surface area contributed by atoms with Gasteiger partial charge in [-0.1, -0.05) is 29.3 Å². The van der Waals surface area contributed by atoms with Crippen LogP contribution in [0.1, 0.15) is 54.4 Å². The highest BCUT2D eigenvalue weighted by Gasteiger charge is 2.34. The lowest BCUT2D eigenvalue weighted by molar-refractivity contribution is -0.120. The van der Waals surface area contributed by atoms with Gasteiger partial charge in [0.1, 0.15) is 0 Å². The molecule has 2 fully saturated rings. The molecule has 2 aliphatic rings. The summed E-state index contributed by atoms with van der Waals surface area (Å²) < 4.78 is 33.7. The normalized spacial score (nSPS) is 18.1. The van der Waals surface area contributed by atoms with Crippen molar-refractivity contribution in [2.45, 2.75) is 56.8 Å². The molecule has 2 aromatic heterocycles. The van der Waals surface area contributed by atoms with Crippen molar-refractivity contribution in [3.8, 4) is 10.7 Å². The molecule has 8 nitrogen and oxygen atoms in total. The number of aromatic nitrogens is 2. The number of piperidine rings is 1. The molecule has 1 N–H and O–H groups in total. The predicted octanol–water partition coefficient (Wildman–Crippen LogP) is 4.72. The number of benzene rings is 1. The van der Waals surface area contributed by atoms with Crippen LogP contribution in [0.3, 0.4) is 0 Å². The lowest BCUT2D eigenvalue weighted by atomic mass is 9.85. The molecule has 0 atom stereocenters. The number of carbonyl (C=O) groups excluding carboxylic acids is 1. The molecule has 10 heteroatoms. The predicted molar refractivity (Wildman–Crippen MR) is 130 cm³/mol. The number of aryl methyl sites for hydroxylation is 2. The van der Waals surface area contributed by atoms with Gasteiger partial charge in [0.25, 0.3) is 0 Å². The number of carbonyl (C=O) groups is 1. The third-order valence-electron chi connectivity index (χ3n) is 6.75. The molecule has 180 valence electrons. The van der Waals surface area contributed by atoms with Gasteiger partial charge in [-0.05, 0) is 57.7 Å². The Morgan fingerprint density at radius 2 is 1.82 bits per heavy atom. The number of hydrogen-bond acceptors (Lipinski definition) is 7. The molecule has 3 aromatic rings. The molecule has 0 bridgehead atoms. The number of sulfonamides is 1. The number of nitrogens with zero attached hydrogens (tertiary/aromatic N) is 3. The second-order valence-corrected chi connectivity index (χ2v) is 12.3. The summed E-state index contributed by atoms with van der Waals surface area (Å²) in [6.45, 7) is 4.42. The minimum absolute atomic E-state index is 0.0609. The molecule has 0 spiro atoms. The Bertz CT molecular complexity index is 1280. The highest BCUT2D eigenvalue weighted by atomic mass is 32.2. The zero-order valence-corrected chi connectivity index (χ0v) is 20.9. The number of nitrogens with one attached hydrogen (secondary N) is 1. The standard InChI is InChI=1S/C24H28N4O4S2/c1-15-6-8-19(9-7-15)25-23(29)17-10-12-28(13-11-17)34(30,31)21-14-20(33-16(21)2)22-26-24(32-27-22)18-4-3-5-18/h6-9,14,17-18H,3-5,10-13H2,1-2H3,(H,25,29). The van der Waals surface area contributed by atoms with Crippen LogP contribution in [0.2, 0.25) is 0 Å². The van der Waals surface area contributed by atoms with E-state index in [0.29, 0.717) is 53.3 Å². The molecule has 0 unspecified atom stereocenters. The number of amides is 1. The van der Waals surface area contributed by atoms with E-state index in [-0.39, 0.29) is 16.7 Å². The van der Waals surface area contributed by atoms with Gasteiger partial charge in [-0.15, -0.1) is 11.3 Å². The Kier molecular flexibility index (Phi) is 6.30. The number of hydrogen-bond donors (Lipinski definition) is 1. The van der Waals surface area contributed by atoms with Crippen molar-refractivity contribution >= 4 is 33.0 Å². The van der Waals surface area contributed by atoms with Crippen LogP contribution >= 0.6 is 11.3 Å². The Morgan fingerprint density at radius 3 is 2.47 bits per heavy atom. The van der Waals surface area contributed by atoms with Crippen molar-refractivity contribution in [2.24, 2.45) is 5.92 Å². The summed E-state index contributed by atoms with van der Waals surface area (Å²) in [5.74, 6) is 1.14. The summed E-state index contributed by atoms with van der Waals surface area (Å²) in [6.07, 6.45) is 4.27. The largest absolute Gasteiger partial charge is 0.339 e. The monoisotopic (exact) mass is 500 g/mol. The van der Waals surface area contributed by atoms with Gasteiger partial charge in [0, 0.05) is 35.5 Å². The van der Waals surface area contributed by atoms with E-state index in [1.165, 1.54) is 22.1 Å². The van der Waals surface area contributed by atoms with Gasteiger partial charge in [-0.3, -0.25) is 4.79 Å². The maximum absolute atomic E-state index is 13.4. The van der Waals surface area contributed by atoms with Crippen molar-refractivity contribution in [3.63, 3.8) is 0 Å². The summed E-state index contributed by atoms with van der Waals surface area (Å²) in [6, 6.07) is 9.31. The topological polar surface area (TPSA) is 105 Å². The van der Waals surface area contributed by atoms with E-state index in [2.05, 4.69) is 15.5 Å². The van der Waals surface area contributed by atoms with Crippen LogP contribution in [0.15, 0.2) is 39.8 Å². The maximum Gasteiger partial charge on any atom is 0.244 e. The summed E-state index contributed by atoms with van der Waals surface area (Å²) in [5, 5.41) is 7.02. The Balaban J connectivity index is 1.24. The Labute approximate surface area is 203 Å². The fraction of sp³-hybridized carbons (Fsp3) is 0.458. The van der Waals surface area contributed by atoms with Crippen LogP contribution in [0.5, 0.6) is 0 Å². The van der Waals surface area contributed by atoms with Gasteiger partial charge in [0.15, 0.2) is 0 Å². The van der Waals surface area contributed by atoms with Crippen LogP contribution < -0.4 is 5.32 Å². The lowest BCUT2D eigenvalue weighted by Crippen LogP contribution is -2.41. The highest BCUT2D eigenvalue weighted by Crippen LogP contribution is 2.38. The zero-order chi connectivity index (χ0) is 23.9. The lowest BCUT2D eigenvalue weighted by Gasteiger charge is -2.30. The van der Waals surface area contributed by atoms with Gasteiger partial charge < -0.3 is 9.84 Å². The molecular weight excluding hydrogens is 472 g/mol. The fourth-order valence-corrected chi connectivity index (χ4v) is 7.32. The van der Waals surface area contributed by atoms with Gasteiger partial charge in [-0.2, -0.15) is 9.29 Å². The molecule has 3 heterocycles. The van der Waals surface area contributed by atoms with Crippen LogP contribution in [-0.2, 0) is 14.8 Å². The number of thiophene rings is 1. The van der Waals surface area contributed by atoms with Crippen LogP contribution in [0.4, 0.5) is 5.69 Å². The van der Waals surface area contributed by atoms with Gasteiger partial charge in [0.05, 0.1) is 9.77 Å². The second-order valence-electron chi connectivity index (χ2n) is 9.15. The molecule has 1 aliphatic carbocycles. The average Bonchev–Trinajstić information content (AvgIpc) is 3.41. The van der Waals surface area contributed by atoms with E-state index in [9.17, 15) is 13.2 Å². The summed E-state index contributed by atoms with van der Waals surface area (Å²) in [7, 11) is -3.67. The number of rotatable bonds is 6. The first-order chi connectivity index (χ1) is 16.3. The summed E-state index contributed by atoms with van der Waals surface area (Å²) in [4.78, 5) is 18.8. The first-order valence-corrected chi connectivity index (χ1v) is 13.9. The van der Waals surface area contributed by atoms with Crippen LogP contribution in [-0.4, -0.2) is 41.9 Å². The van der Waals surface area contributed by atoms with Gasteiger partial charge in [-0.25, -0.2) is 8.42 Å². The van der Waals surface area contributed by atoms with Crippen molar-refractivity contribution in [3.05, 3.63) is 46.7 Å². The molecule has 1 amide bonds. The summed E-state index contributed by atoms with van der Waals surface area (Å²) in [5.41, 5.74) is 1.88. The maximum atomic E-state index is 13.4. The molecule has 1 saturated heterocycles. The molecular formula is C24H28N4O4S2. The van der Waals surface area contributed by atoms with E-state index in [0.717, 1.165) is 24.1 Å². The first-order valence-electron chi connectivity index (χ1n) is 11.6. The van der Waals surface area contributed by atoms with E-state index in [1.807, 2.05) is 31.2 Å². The highest BCUT2D eigenvalue weighted by molar-refractivity contribution is 7.89. The minimum Gasteiger partial charge on any atom is -0.339 e. The average molecular weight is 501 g/mol. The summed E-state index contributed by atoms with van der Waals surface area (Å²) >= 11 is 1.36. The van der Waals surface area contributed by atoms with Crippen molar-refractivity contribution < 1.29 is 17.7 Å². The zero-order valence-electron chi connectivity index (χ0n) is 19.3. The molecule has 0 radical (unpaired) electrons. The minimum atomic E-state index is -3.67. The smallest absolute Gasteiger partial charge is 0.244 e. The third-order valence-corrected chi connectivity index (χ3v) is 9.95. The van der Waals surface area contributed by atoms with E-state index >= 15 is 0 Å². The van der Waals surface area contributed by atoms with E-state index in [4.69, 9.17) is 4.52 Å². The molecule has 1 aromatic carbocycles. The molecule has 34 heavy (non-hydrogen) atoms. The van der Waals surface area contributed by atoms with Gasteiger partial charge >= 0.3 is 0 Å².